The summed E-state index contributed by atoms with van der Waals surface area (Å²) in [5.74, 6) is 0.378. The van der Waals surface area contributed by atoms with Crippen LogP contribution in [0.1, 0.15) is 58.8 Å². The number of hydrogen-bond donors (Lipinski definition) is 1. The highest BCUT2D eigenvalue weighted by Crippen LogP contribution is 2.37. The number of nitrogens with zero attached hydrogens (tertiary/aromatic N) is 1. The average Bonchev–Trinajstić information content (AvgIpc) is 2.97. The lowest BCUT2D eigenvalue weighted by Crippen LogP contribution is -2.73. The summed E-state index contributed by atoms with van der Waals surface area (Å²) in [5.41, 5.74) is -0.608. The molecule has 3 aliphatic rings. The molecule has 2 aliphatic carbocycles. The van der Waals surface area contributed by atoms with Crippen molar-refractivity contribution in [1.82, 2.24) is 10.2 Å². The SMILES string of the molecule is CC(C)C1C(=O)NC2(CCCCC2)C(=O)N1C1CC=CC1. The van der Waals surface area contributed by atoms with Gasteiger partial charge in [0, 0.05) is 6.04 Å². The van der Waals surface area contributed by atoms with Gasteiger partial charge in [0.05, 0.1) is 0 Å². The molecule has 4 nitrogen and oxygen atoms in total. The topological polar surface area (TPSA) is 49.4 Å². The number of amides is 2. The van der Waals surface area contributed by atoms with Crippen LogP contribution in [0.4, 0.5) is 0 Å². The molecule has 1 saturated heterocycles. The predicted molar refractivity (Wildman–Crippen MR) is 81.6 cm³/mol. The van der Waals surface area contributed by atoms with E-state index in [1.165, 1.54) is 6.42 Å². The Hall–Kier alpha value is -1.32. The molecule has 3 rings (SSSR count). The zero-order chi connectivity index (χ0) is 15.0. The van der Waals surface area contributed by atoms with Gasteiger partial charge in [-0.25, -0.2) is 0 Å². The first-order valence-corrected chi connectivity index (χ1v) is 8.35. The van der Waals surface area contributed by atoms with E-state index in [1.54, 1.807) is 0 Å². The highest BCUT2D eigenvalue weighted by Gasteiger charge is 2.53. The fourth-order valence-electron chi connectivity index (χ4n) is 4.20. The maximum atomic E-state index is 13.2. The molecule has 1 aliphatic heterocycles. The second-order valence-corrected chi connectivity index (χ2v) is 7.13. The summed E-state index contributed by atoms with van der Waals surface area (Å²) in [6.07, 6.45) is 10.9. The number of carbonyl (C=O) groups excluding carboxylic acids is 2. The maximum Gasteiger partial charge on any atom is 0.249 e. The second-order valence-electron chi connectivity index (χ2n) is 7.13. The Balaban J connectivity index is 1.93. The molecule has 0 aromatic rings. The van der Waals surface area contributed by atoms with E-state index in [-0.39, 0.29) is 29.8 Å². The third-order valence-corrected chi connectivity index (χ3v) is 5.29. The van der Waals surface area contributed by atoms with Crippen LogP contribution in [0.2, 0.25) is 0 Å². The molecule has 0 aromatic carbocycles. The van der Waals surface area contributed by atoms with E-state index in [2.05, 4.69) is 17.5 Å². The molecule has 1 spiro atoms. The number of nitrogens with one attached hydrogen (secondary N) is 1. The highest BCUT2D eigenvalue weighted by atomic mass is 16.2. The van der Waals surface area contributed by atoms with Crippen LogP contribution in [0.5, 0.6) is 0 Å². The van der Waals surface area contributed by atoms with Gasteiger partial charge in [0.2, 0.25) is 11.8 Å². The van der Waals surface area contributed by atoms with Crippen molar-refractivity contribution < 1.29 is 9.59 Å². The summed E-state index contributed by atoms with van der Waals surface area (Å²) in [4.78, 5) is 27.9. The van der Waals surface area contributed by atoms with Gasteiger partial charge in [0.15, 0.2) is 0 Å². The minimum Gasteiger partial charge on any atom is -0.340 e. The Kier molecular flexibility index (Phi) is 3.80. The van der Waals surface area contributed by atoms with Crippen molar-refractivity contribution in [2.45, 2.75) is 76.4 Å². The number of carbonyl (C=O) groups is 2. The molecule has 0 bridgehead atoms. The van der Waals surface area contributed by atoms with Crippen molar-refractivity contribution in [2.24, 2.45) is 5.92 Å². The number of rotatable bonds is 2. The predicted octanol–water partition coefficient (Wildman–Crippen LogP) is 2.39. The van der Waals surface area contributed by atoms with Crippen molar-refractivity contribution in [3.8, 4) is 0 Å². The third kappa shape index (κ3) is 2.39. The van der Waals surface area contributed by atoms with E-state index in [9.17, 15) is 9.59 Å². The average molecular weight is 290 g/mol. The molecular formula is C17H26N2O2. The van der Waals surface area contributed by atoms with Gasteiger partial charge in [-0.05, 0) is 31.6 Å². The van der Waals surface area contributed by atoms with Gasteiger partial charge in [-0.2, -0.15) is 0 Å². The fraction of sp³-hybridized carbons (Fsp3) is 0.765. The van der Waals surface area contributed by atoms with Gasteiger partial charge in [0.1, 0.15) is 11.6 Å². The van der Waals surface area contributed by atoms with Crippen LogP contribution in [0.15, 0.2) is 12.2 Å². The van der Waals surface area contributed by atoms with Crippen LogP contribution < -0.4 is 5.32 Å². The number of piperazine rings is 1. The van der Waals surface area contributed by atoms with E-state index >= 15 is 0 Å². The molecule has 2 amide bonds. The van der Waals surface area contributed by atoms with Gasteiger partial charge in [-0.15, -0.1) is 0 Å². The molecule has 1 heterocycles. The Morgan fingerprint density at radius 3 is 2.33 bits per heavy atom. The maximum absolute atomic E-state index is 13.2. The van der Waals surface area contributed by atoms with Crippen molar-refractivity contribution in [2.75, 3.05) is 0 Å². The largest absolute Gasteiger partial charge is 0.340 e. The highest BCUT2D eigenvalue weighted by molar-refractivity contribution is 6.00. The van der Waals surface area contributed by atoms with E-state index in [4.69, 9.17) is 0 Å². The zero-order valence-corrected chi connectivity index (χ0v) is 13.1. The first kappa shape index (κ1) is 14.6. The normalized spacial score (nSPS) is 29.5. The summed E-state index contributed by atoms with van der Waals surface area (Å²) in [6.45, 7) is 4.07. The first-order chi connectivity index (χ1) is 10.1. The molecule has 1 N–H and O–H groups in total. The summed E-state index contributed by atoms with van der Waals surface area (Å²) < 4.78 is 0. The van der Waals surface area contributed by atoms with Crippen LogP contribution in [-0.4, -0.2) is 34.3 Å². The van der Waals surface area contributed by atoms with Crippen molar-refractivity contribution in [3.05, 3.63) is 12.2 Å². The Morgan fingerprint density at radius 1 is 1.14 bits per heavy atom. The Morgan fingerprint density at radius 2 is 1.76 bits per heavy atom. The quantitative estimate of drug-likeness (QED) is 0.794. The molecule has 0 aromatic heterocycles. The summed E-state index contributed by atoms with van der Waals surface area (Å²) in [5, 5.41) is 3.12. The lowest BCUT2D eigenvalue weighted by Gasteiger charge is -2.50. The summed E-state index contributed by atoms with van der Waals surface area (Å²) in [7, 11) is 0. The van der Waals surface area contributed by atoms with Crippen molar-refractivity contribution in [3.63, 3.8) is 0 Å². The molecule has 116 valence electrons. The van der Waals surface area contributed by atoms with Crippen molar-refractivity contribution >= 4 is 11.8 Å². The second kappa shape index (κ2) is 5.47. The Labute approximate surface area is 127 Å². The van der Waals surface area contributed by atoms with E-state index in [0.29, 0.717) is 0 Å². The van der Waals surface area contributed by atoms with Crippen LogP contribution in [0, 0.1) is 5.92 Å². The third-order valence-electron chi connectivity index (χ3n) is 5.29. The van der Waals surface area contributed by atoms with Crippen LogP contribution in [0.3, 0.4) is 0 Å². The standard InChI is InChI=1S/C17H26N2O2/c1-12(2)14-15(20)18-17(10-6-3-7-11-17)16(21)19(14)13-8-4-5-9-13/h4-5,12-14H,3,6-11H2,1-2H3,(H,18,20). The van der Waals surface area contributed by atoms with Gasteiger partial charge in [-0.3, -0.25) is 9.59 Å². The van der Waals surface area contributed by atoms with Gasteiger partial charge < -0.3 is 10.2 Å². The summed E-state index contributed by atoms with van der Waals surface area (Å²) >= 11 is 0. The van der Waals surface area contributed by atoms with Crippen LogP contribution >= 0.6 is 0 Å². The molecule has 2 fully saturated rings. The lowest BCUT2D eigenvalue weighted by molar-refractivity contribution is -0.161. The lowest BCUT2D eigenvalue weighted by atomic mass is 9.77. The van der Waals surface area contributed by atoms with Crippen LogP contribution in [0.25, 0.3) is 0 Å². The molecule has 21 heavy (non-hydrogen) atoms. The van der Waals surface area contributed by atoms with Gasteiger partial charge in [-0.1, -0.05) is 45.3 Å². The monoisotopic (exact) mass is 290 g/mol. The summed E-state index contributed by atoms with van der Waals surface area (Å²) in [6, 6.07) is -0.135. The molecule has 0 radical (unpaired) electrons. The first-order valence-electron chi connectivity index (χ1n) is 8.35. The van der Waals surface area contributed by atoms with Crippen LogP contribution in [-0.2, 0) is 9.59 Å². The zero-order valence-electron chi connectivity index (χ0n) is 13.1. The number of hydrogen-bond acceptors (Lipinski definition) is 2. The molecular weight excluding hydrogens is 264 g/mol. The Bertz CT molecular complexity index is 455. The van der Waals surface area contributed by atoms with E-state index in [1.807, 2.05) is 18.7 Å². The smallest absolute Gasteiger partial charge is 0.249 e. The minimum absolute atomic E-state index is 0.0541. The van der Waals surface area contributed by atoms with E-state index < -0.39 is 5.54 Å². The van der Waals surface area contributed by atoms with E-state index in [0.717, 1.165) is 38.5 Å². The van der Waals surface area contributed by atoms with Crippen molar-refractivity contribution in [1.29, 1.82) is 0 Å². The molecule has 1 unspecified atom stereocenters. The van der Waals surface area contributed by atoms with Gasteiger partial charge >= 0.3 is 0 Å². The fourth-order valence-corrected chi connectivity index (χ4v) is 4.20. The minimum atomic E-state index is -0.608. The molecule has 1 atom stereocenters. The van der Waals surface area contributed by atoms with Gasteiger partial charge in [0.25, 0.3) is 0 Å². The molecule has 1 saturated carbocycles. The molecule has 4 heteroatoms.